The molecule has 0 saturated carbocycles. The average molecular weight is 303 g/mol. The number of benzene rings is 2. The summed E-state index contributed by atoms with van der Waals surface area (Å²) >= 11 is 7.88. The number of aromatic nitrogens is 1. The molecule has 0 amide bonds. The lowest BCUT2D eigenvalue weighted by atomic mass is 10.1. The molecule has 0 radical (unpaired) electrons. The molecular formula is C16H15ClN2S. The van der Waals surface area contributed by atoms with E-state index in [9.17, 15) is 0 Å². The first kappa shape index (κ1) is 13.4. The highest BCUT2D eigenvalue weighted by atomic mass is 35.5. The van der Waals surface area contributed by atoms with Crippen molar-refractivity contribution < 1.29 is 0 Å². The van der Waals surface area contributed by atoms with Gasteiger partial charge >= 0.3 is 0 Å². The summed E-state index contributed by atoms with van der Waals surface area (Å²) in [5, 5.41) is 5.04. The number of rotatable bonds is 4. The van der Waals surface area contributed by atoms with E-state index in [0.717, 1.165) is 33.3 Å². The summed E-state index contributed by atoms with van der Waals surface area (Å²) in [5.41, 5.74) is 3.39. The largest absolute Gasteiger partial charge is 0.361 e. The maximum absolute atomic E-state index is 6.22. The van der Waals surface area contributed by atoms with Crippen LogP contribution in [0.3, 0.4) is 0 Å². The molecule has 3 rings (SSSR count). The van der Waals surface area contributed by atoms with Crippen molar-refractivity contribution in [1.82, 2.24) is 4.98 Å². The highest BCUT2D eigenvalue weighted by molar-refractivity contribution is 7.22. The lowest BCUT2D eigenvalue weighted by Crippen LogP contribution is -2.04. The first-order valence-electron chi connectivity index (χ1n) is 6.57. The molecule has 1 aromatic heterocycles. The SMILES string of the molecule is Cc1cc(Cl)c2nc(NCCc3ccccc3)sc2c1. The number of halogens is 1. The topological polar surface area (TPSA) is 24.9 Å². The fourth-order valence-electron chi connectivity index (χ4n) is 2.15. The maximum atomic E-state index is 6.22. The normalized spacial score (nSPS) is 10.9. The van der Waals surface area contributed by atoms with Gasteiger partial charge in [0.25, 0.3) is 0 Å². The summed E-state index contributed by atoms with van der Waals surface area (Å²) in [7, 11) is 0. The molecule has 0 unspecified atom stereocenters. The van der Waals surface area contributed by atoms with Crippen LogP contribution in [-0.2, 0) is 6.42 Å². The van der Waals surface area contributed by atoms with E-state index in [1.54, 1.807) is 11.3 Å². The molecule has 0 atom stereocenters. The third kappa shape index (κ3) is 2.94. The zero-order valence-electron chi connectivity index (χ0n) is 11.2. The van der Waals surface area contributed by atoms with Crippen molar-refractivity contribution in [2.24, 2.45) is 0 Å². The zero-order chi connectivity index (χ0) is 13.9. The van der Waals surface area contributed by atoms with Crippen LogP contribution in [0.5, 0.6) is 0 Å². The number of hydrogen-bond acceptors (Lipinski definition) is 3. The highest BCUT2D eigenvalue weighted by Gasteiger charge is 2.07. The Morgan fingerprint density at radius 2 is 2.00 bits per heavy atom. The first-order valence-corrected chi connectivity index (χ1v) is 7.76. The molecule has 4 heteroatoms. The second-order valence-corrected chi connectivity index (χ2v) is 6.21. The van der Waals surface area contributed by atoms with Gasteiger partial charge in [-0.1, -0.05) is 53.3 Å². The first-order chi connectivity index (χ1) is 9.72. The molecule has 1 heterocycles. The predicted molar refractivity (Wildman–Crippen MR) is 88.0 cm³/mol. The number of nitrogens with one attached hydrogen (secondary N) is 1. The lowest BCUT2D eigenvalue weighted by molar-refractivity contribution is 1.02. The van der Waals surface area contributed by atoms with E-state index in [-0.39, 0.29) is 0 Å². The fraction of sp³-hybridized carbons (Fsp3) is 0.188. The Bertz CT molecular complexity index is 722. The van der Waals surface area contributed by atoms with E-state index in [1.807, 2.05) is 19.1 Å². The molecule has 0 aliphatic rings. The van der Waals surface area contributed by atoms with Gasteiger partial charge in [0.05, 0.1) is 9.72 Å². The van der Waals surface area contributed by atoms with Crippen LogP contribution in [0.15, 0.2) is 42.5 Å². The second kappa shape index (κ2) is 5.81. The summed E-state index contributed by atoms with van der Waals surface area (Å²) in [6.07, 6.45) is 0.990. The molecule has 0 aliphatic carbocycles. The number of aryl methyl sites for hydroxylation is 1. The van der Waals surface area contributed by atoms with Crippen molar-refractivity contribution >= 4 is 38.3 Å². The van der Waals surface area contributed by atoms with E-state index in [2.05, 4.69) is 40.6 Å². The molecule has 2 nitrogen and oxygen atoms in total. The Morgan fingerprint density at radius 1 is 1.20 bits per heavy atom. The van der Waals surface area contributed by atoms with E-state index in [1.165, 1.54) is 11.1 Å². The Morgan fingerprint density at radius 3 is 2.80 bits per heavy atom. The summed E-state index contributed by atoms with van der Waals surface area (Å²) in [6, 6.07) is 14.5. The van der Waals surface area contributed by atoms with Gasteiger partial charge in [-0.25, -0.2) is 4.98 Å². The molecule has 0 bridgehead atoms. The molecule has 0 aliphatic heterocycles. The van der Waals surface area contributed by atoms with Gasteiger partial charge in [-0.3, -0.25) is 0 Å². The van der Waals surface area contributed by atoms with Crippen LogP contribution in [0.1, 0.15) is 11.1 Å². The minimum atomic E-state index is 0.729. The van der Waals surface area contributed by atoms with Gasteiger partial charge in [0.2, 0.25) is 0 Å². The molecule has 1 N–H and O–H groups in total. The molecule has 0 saturated heterocycles. The molecule has 0 fully saturated rings. The third-order valence-electron chi connectivity index (χ3n) is 3.13. The predicted octanol–water partition coefficient (Wildman–Crippen LogP) is 4.91. The molecule has 3 aromatic rings. The third-order valence-corrected chi connectivity index (χ3v) is 4.37. The molecule has 2 aromatic carbocycles. The number of thiazole rings is 1. The van der Waals surface area contributed by atoms with Crippen molar-refractivity contribution in [1.29, 1.82) is 0 Å². The van der Waals surface area contributed by atoms with Gasteiger partial charge in [-0.05, 0) is 36.6 Å². The zero-order valence-corrected chi connectivity index (χ0v) is 12.8. The molecule has 102 valence electrons. The Balaban J connectivity index is 1.70. The van der Waals surface area contributed by atoms with Gasteiger partial charge in [-0.2, -0.15) is 0 Å². The van der Waals surface area contributed by atoms with E-state index >= 15 is 0 Å². The minimum Gasteiger partial charge on any atom is -0.361 e. The van der Waals surface area contributed by atoms with Crippen LogP contribution >= 0.6 is 22.9 Å². The minimum absolute atomic E-state index is 0.729. The second-order valence-electron chi connectivity index (χ2n) is 4.77. The number of fused-ring (bicyclic) bond motifs is 1. The number of nitrogens with zero attached hydrogens (tertiary/aromatic N) is 1. The molecule has 0 spiro atoms. The van der Waals surface area contributed by atoms with Crippen LogP contribution in [0.4, 0.5) is 5.13 Å². The van der Waals surface area contributed by atoms with Gasteiger partial charge in [-0.15, -0.1) is 0 Å². The highest BCUT2D eigenvalue weighted by Crippen LogP contribution is 2.31. The number of hydrogen-bond donors (Lipinski definition) is 1. The van der Waals surface area contributed by atoms with Crippen LogP contribution in [0, 0.1) is 6.92 Å². The standard InChI is InChI=1S/C16H15ClN2S/c1-11-9-13(17)15-14(10-11)20-16(19-15)18-8-7-12-5-3-2-4-6-12/h2-6,9-10H,7-8H2,1H3,(H,18,19). The van der Waals surface area contributed by atoms with Crippen LogP contribution in [0.25, 0.3) is 10.2 Å². The van der Waals surface area contributed by atoms with E-state index in [4.69, 9.17) is 11.6 Å². The monoisotopic (exact) mass is 302 g/mol. The quantitative estimate of drug-likeness (QED) is 0.740. The van der Waals surface area contributed by atoms with E-state index in [0.29, 0.717) is 0 Å². The van der Waals surface area contributed by atoms with Crippen LogP contribution in [0.2, 0.25) is 5.02 Å². The lowest BCUT2D eigenvalue weighted by Gasteiger charge is -2.02. The number of anilines is 1. The molecular weight excluding hydrogens is 288 g/mol. The van der Waals surface area contributed by atoms with Crippen molar-refractivity contribution in [3.8, 4) is 0 Å². The Labute approximate surface area is 127 Å². The van der Waals surface area contributed by atoms with Gasteiger partial charge in [0, 0.05) is 6.54 Å². The van der Waals surface area contributed by atoms with Crippen molar-refractivity contribution in [2.45, 2.75) is 13.3 Å². The van der Waals surface area contributed by atoms with Crippen LogP contribution in [-0.4, -0.2) is 11.5 Å². The van der Waals surface area contributed by atoms with Crippen LogP contribution < -0.4 is 5.32 Å². The summed E-state index contributed by atoms with van der Waals surface area (Å²) in [4.78, 5) is 4.56. The van der Waals surface area contributed by atoms with Crippen molar-refractivity contribution in [3.63, 3.8) is 0 Å². The summed E-state index contributed by atoms with van der Waals surface area (Å²) in [6.45, 7) is 2.92. The summed E-state index contributed by atoms with van der Waals surface area (Å²) in [5.74, 6) is 0. The maximum Gasteiger partial charge on any atom is 0.183 e. The Hall–Kier alpha value is -1.58. The van der Waals surface area contributed by atoms with Crippen molar-refractivity contribution in [2.75, 3.05) is 11.9 Å². The van der Waals surface area contributed by atoms with Crippen molar-refractivity contribution in [3.05, 3.63) is 58.6 Å². The van der Waals surface area contributed by atoms with E-state index < -0.39 is 0 Å². The van der Waals surface area contributed by atoms with Gasteiger partial charge < -0.3 is 5.32 Å². The average Bonchev–Trinajstić information content (AvgIpc) is 2.83. The summed E-state index contributed by atoms with van der Waals surface area (Å²) < 4.78 is 1.14. The van der Waals surface area contributed by atoms with Gasteiger partial charge in [0.15, 0.2) is 5.13 Å². The van der Waals surface area contributed by atoms with Gasteiger partial charge in [0.1, 0.15) is 5.52 Å². The fourth-order valence-corrected chi connectivity index (χ4v) is 3.54. The molecule has 20 heavy (non-hydrogen) atoms. The smallest absolute Gasteiger partial charge is 0.183 e. The Kier molecular flexibility index (Phi) is 3.90.